The molecule has 0 saturated carbocycles. The monoisotopic (exact) mass is 371 g/mol. The van der Waals surface area contributed by atoms with Crippen LogP contribution in [0.5, 0.6) is 0 Å². The molecular weight excluding hydrogens is 357 g/mol. The molecule has 0 radical (unpaired) electrons. The number of aromatic nitrogens is 5. The van der Waals surface area contributed by atoms with Gasteiger partial charge in [0.2, 0.25) is 5.95 Å². The van der Waals surface area contributed by atoms with Gasteiger partial charge in [0, 0.05) is 17.4 Å². The van der Waals surface area contributed by atoms with Crippen molar-refractivity contribution in [1.82, 2.24) is 24.7 Å². The second-order valence-corrected chi connectivity index (χ2v) is 5.98. The van der Waals surface area contributed by atoms with Gasteiger partial charge in [-0.2, -0.15) is 10.4 Å². The lowest BCUT2D eigenvalue weighted by atomic mass is 10.1. The van der Waals surface area contributed by atoms with Crippen LogP contribution in [-0.2, 0) is 0 Å². The molecule has 2 aromatic heterocycles. The summed E-state index contributed by atoms with van der Waals surface area (Å²) in [6.07, 6.45) is 3.26. The number of anilines is 2. The molecule has 0 unspecified atom stereocenters. The second-order valence-electron chi connectivity index (χ2n) is 5.98. The molecule has 0 amide bonds. The zero-order valence-electron chi connectivity index (χ0n) is 14.8. The third-order valence-electron chi connectivity index (χ3n) is 4.03. The third-order valence-corrected chi connectivity index (χ3v) is 4.03. The number of halogens is 1. The molecule has 136 valence electrons. The minimum Gasteiger partial charge on any atom is -0.324 e. The van der Waals surface area contributed by atoms with Crippen molar-refractivity contribution < 1.29 is 4.39 Å². The molecule has 0 spiro atoms. The van der Waals surface area contributed by atoms with E-state index in [1.54, 1.807) is 29.3 Å². The van der Waals surface area contributed by atoms with Crippen molar-refractivity contribution in [2.75, 3.05) is 5.32 Å². The van der Waals surface area contributed by atoms with E-state index in [0.29, 0.717) is 23.0 Å². The number of hydrogen-bond acceptors (Lipinski definition) is 6. The Morgan fingerprint density at radius 1 is 1.07 bits per heavy atom. The molecular formula is C20H14FN7. The molecule has 0 fully saturated rings. The van der Waals surface area contributed by atoms with Gasteiger partial charge < -0.3 is 5.32 Å². The highest BCUT2D eigenvalue weighted by Gasteiger charge is 2.07. The number of aryl methyl sites for hydroxylation is 1. The van der Waals surface area contributed by atoms with Gasteiger partial charge >= 0.3 is 0 Å². The minimum atomic E-state index is -0.554. The molecule has 2 heterocycles. The van der Waals surface area contributed by atoms with Crippen molar-refractivity contribution >= 4 is 11.6 Å². The molecule has 0 bridgehead atoms. The molecule has 8 heteroatoms. The smallest absolute Gasteiger partial charge is 0.227 e. The molecule has 0 aliphatic heterocycles. The maximum Gasteiger partial charge on any atom is 0.227 e. The first kappa shape index (κ1) is 17.3. The Hall–Kier alpha value is -4.12. The van der Waals surface area contributed by atoms with Gasteiger partial charge in [-0.3, -0.25) is 0 Å². The Kier molecular flexibility index (Phi) is 4.48. The van der Waals surface area contributed by atoms with Crippen LogP contribution in [-0.4, -0.2) is 24.7 Å². The summed E-state index contributed by atoms with van der Waals surface area (Å²) in [5, 5.41) is 16.4. The van der Waals surface area contributed by atoms with Crippen LogP contribution in [0, 0.1) is 24.1 Å². The number of rotatable bonds is 4. The summed E-state index contributed by atoms with van der Waals surface area (Å²) >= 11 is 0. The van der Waals surface area contributed by atoms with Crippen molar-refractivity contribution in [1.29, 1.82) is 5.26 Å². The fourth-order valence-corrected chi connectivity index (χ4v) is 2.65. The quantitative estimate of drug-likeness (QED) is 0.587. The van der Waals surface area contributed by atoms with Gasteiger partial charge in [0.05, 0.1) is 16.9 Å². The third kappa shape index (κ3) is 3.54. The molecule has 2 aromatic carbocycles. The van der Waals surface area contributed by atoms with E-state index in [1.807, 2.05) is 37.3 Å². The first-order chi connectivity index (χ1) is 13.6. The highest BCUT2D eigenvalue weighted by molar-refractivity contribution is 5.64. The summed E-state index contributed by atoms with van der Waals surface area (Å²) in [7, 11) is 0. The van der Waals surface area contributed by atoms with E-state index in [1.165, 1.54) is 12.1 Å². The molecule has 7 nitrogen and oxygen atoms in total. The fourth-order valence-electron chi connectivity index (χ4n) is 2.65. The summed E-state index contributed by atoms with van der Waals surface area (Å²) in [6, 6.07) is 15.4. The van der Waals surface area contributed by atoms with E-state index in [4.69, 9.17) is 5.26 Å². The van der Waals surface area contributed by atoms with Crippen LogP contribution in [0.4, 0.5) is 16.0 Å². The number of hydrogen-bond donors (Lipinski definition) is 1. The maximum absolute atomic E-state index is 13.5. The van der Waals surface area contributed by atoms with Crippen LogP contribution in [0.15, 0.2) is 61.1 Å². The average Bonchev–Trinajstić information content (AvgIpc) is 3.15. The number of benzene rings is 2. The van der Waals surface area contributed by atoms with Crippen molar-refractivity contribution in [3.63, 3.8) is 0 Å². The Labute approximate surface area is 160 Å². The van der Waals surface area contributed by atoms with Gasteiger partial charge in [-0.15, -0.1) is 0 Å². The van der Waals surface area contributed by atoms with Gasteiger partial charge in [0.25, 0.3) is 0 Å². The van der Waals surface area contributed by atoms with Crippen molar-refractivity contribution in [3.05, 3.63) is 78.3 Å². The second kappa shape index (κ2) is 7.25. The van der Waals surface area contributed by atoms with E-state index in [2.05, 4.69) is 25.4 Å². The van der Waals surface area contributed by atoms with Crippen LogP contribution in [0.2, 0.25) is 0 Å². The van der Waals surface area contributed by atoms with Gasteiger partial charge in [0.15, 0.2) is 0 Å². The summed E-state index contributed by atoms with van der Waals surface area (Å²) in [6.45, 7) is 1.83. The van der Waals surface area contributed by atoms with Crippen molar-refractivity contribution in [2.24, 2.45) is 0 Å². The molecule has 28 heavy (non-hydrogen) atoms. The lowest BCUT2D eigenvalue weighted by Crippen LogP contribution is -1.99. The van der Waals surface area contributed by atoms with Gasteiger partial charge in [-0.1, -0.05) is 0 Å². The fraction of sp³-hybridized carbons (Fsp3) is 0.0500. The summed E-state index contributed by atoms with van der Waals surface area (Å²) in [5.41, 5.74) is 2.89. The van der Waals surface area contributed by atoms with E-state index in [0.717, 1.165) is 11.4 Å². The zero-order valence-corrected chi connectivity index (χ0v) is 14.8. The van der Waals surface area contributed by atoms with Crippen LogP contribution in [0.1, 0.15) is 11.4 Å². The number of nitrogens with zero attached hydrogens (tertiary/aromatic N) is 6. The normalized spacial score (nSPS) is 10.5. The minimum absolute atomic E-state index is 0.0236. The van der Waals surface area contributed by atoms with Crippen LogP contribution < -0.4 is 5.32 Å². The van der Waals surface area contributed by atoms with E-state index in [-0.39, 0.29) is 5.56 Å². The molecule has 4 rings (SSSR count). The SMILES string of the molecule is Cc1ncn(-c2ccc(Nc3nccc(-c4ccc(F)c(C#N)c4)n3)cc2)n1. The number of nitrogens with one attached hydrogen (secondary N) is 1. The topological polar surface area (TPSA) is 92.3 Å². The summed E-state index contributed by atoms with van der Waals surface area (Å²) in [4.78, 5) is 12.8. The van der Waals surface area contributed by atoms with Crippen LogP contribution >= 0.6 is 0 Å². The molecule has 4 aromatic rings. The van der Waals surface area contributed by atoms with E-state index < -0.39 is 5.82 Å². The largest absolute Gasteiger partial charge is 0.324 e. The molecule has 0 aliphatic carbocycles. The standard InChI is InChI=1S/C20H14FN7/c1-13-24-12-28(27-13)17-5-3-16(4-6-17)25-20-23-9-8-19(26-20)14-2-7-18(21)15(10-14)11-22/h2-10,12H,1H3,(H,23,25,26). The summed E-state index contributed by atoms with van der Waals surface area (Å²) < 4.78 is 15.2. The lowest BCUT2D eigenvalue weighted by molar-refractivity contribution is 0.624. The highest BCUT2D eigenvalue weighted by Crippen LogP contribution is 2.22. The lowest BCUT2D eigenvalue weighted by Gasteiger charge is -2.08. The zero-order chi connectivity index (χ0) is 19.5. The van der Waals surface area contributed by atoms with Gasteiger partial charge in [0.1, 0.15) is 24.0 Å². The molecule has 0 aliphatic rings. The van der Waals surface area contributed by atoms with Crippen LogP contribution in [0.3, 0.4) is 0 Å². The molecule has 0 atom stereocenters. The maximum atomic E-state index is 13.5. The van der Waals surface area contributed by atoms with Gasteiger partial charge in [-0.25, -0.2) is 24.0 Å². The Morgan fingerprint density at radius 3 is 2.61 bits per heavy atom. The average molecular weight is 371 g/mol. The first-order valence-electron chi connectivity index (χ1n) is 8.41. The van der Waals surface area contributed by atoms with Crippen molar-refractivity contribution in [2.45, 2.75) is 6.92 Å². The van der Waals surface area contributed by atoms with Crippen LogP contribution in [0.25, 0.3) is 16.9 Å². The van der Waals surface area contributed by atoms with Gasteiger partial charge in [-0.05, 0) is 55.5 Å². The first-order valence-corrected chi connectivity index (χ1v) is 8.41. The predicted molar refractivity (Wildman–Crippen MR) is 102 cm³/mol. The molecule has 1 N–H and O–H groups in total. The van der Waals surface area contributed by atoms with E-state index in [9.17, 15) is 4.39 Å². The number of nitriles is 1. The van der Waals surface area contributed by atoms with Crippen molar-refractivity contribution in [3.8, 4) is 23.0 Å². The summed E-state index contributed by atoms with van der Waals surface area (Å²) in [5.74, 6) is 0.541. The van der Waals surface area contributed by atoms with E-state index >= 15 is 0 Å². The predicted octanol–water partition coefficient (Wildman–Crippen LogP) is 3.79. The Balaban J connectivity index is 1.56. The Morgan fingerprint density at radius 2 is 1.89 bits per heavy atom. The Bertz CT molecular complexity index is 1180. The molecule has 0 saturated heterocycles. The highest BCUT2D eigenvalue weighted by atomic mass is 19.1.